The number of amides is 2. The second-order valence-corrected chi connectivity index (χ2v) is 7.41. The van der Waals surface area contributed by atoms with Crippen LogP contribution in [0, 0.1) is 0 Å². The Morgan fingerprint density at radius 2 is 2.09 bits per heavy atom. The first kappa shape index (κ1) is 16.0. The lowest BCUT2D eigenvalue weighted by atomic mass is 9.97. The van der Waals surface area contributed by atoms with Gasteiger partial charge in [0.15, 0.2) is 0 Å². The lowest BCUT2D eigenvalue weighted by molar-refractivity contribution is 0.0117. The van der Waals surface area contributed by atoms with Crippen molar-refractivity contribution in [2.75, 3.05) is 11.9 Å². The maximum atomic E-state index is 12.7. The van der Waals surface area contributed by atoms with Crippen LogP contribution in [0.4, 0.5) is 10.5 Å². The van der Waals surface area contributed by atoms with Crippen LogP contribution in [0.15, 0.2) is 41.8 Å². The Hall–Kier alpha value is -1.85. The van der Waals surface area contributed by atoms with E-state index in [1.165, 1.54) is 0 Å². The first-order valence-electron chi connectivity index (χ1n) is 7.90. The minimum atomic E-state index is -0.888. The van der Waals surface area contributed by atoms with E-state index in [2.05, 4.69) is 5.32 Å². The molecule has 0 saturated carbocycles. The summed E-state index contributed by atoms with van der Waals surface area (Å²) >= 11 is 1.65. The number of aliphatic hydroxyl groups is 1. The number of nitrogens with zero attached hydrogens (tertiary/aromatic N) is 1. The van der Waals surface area contributed by atoms with Gasteiger partial charge in [-0.25, -0.2) is 4.79 Å². The monoisotopic (exact) mass is 330 g/mol. The summed E-state index contributed by atoms with van der Waals surface area (Å²) < 4.78 is 0. The van der Waals surface area contributed by atoms with E-state index in [0.717, 1.165) is 29.0 Å². The number of benzene rings is 1. The predicted octanol–water partition coefficient (Wildman–Crippen LogP) is 4.18. The summed E-state index contributed by atoms with van der Waals surface area (Å²) in [6.07, 6.45) is 1.76. The third-order valence-electron chi connectivity index (χ3n) is 4.28. The minimum absolute atomic E-state index is 0.140. The van der Waals surface area contributed by atoms with Gasteiger partial charge in [0.1, 0.15) is 0 Å². The molecular weight excluding hydrogens is 308 g/mol. The topological polar surface area (TPSA) is 52.6 Å². The van der Waals surface area contributed by atoms with Gasteiger partial charge in [0, 0.05) is 17.0 Å². The summed E-state index contributed by atoms with van der Waals surface area (Å²) in [6, 6.07) is 11.6. The van der Waals surface area contributed by atoms with E-state index >= 15 is 0 Å². The molecule has 0 aliphatic carbocycles. The fourth-order valence-electron chi connectivity index (χ4n) is 3.17. The smallest absolute Gasteiger partial charge is 0.322 e. The van der Waals surface area contributed by atoms with Crippen LogP contribution >= 0.6 is 11.3 Å². The van der Waals surface area contributed by atoms with Gasteiger partial charge in [-0.3, -0.25) is 0 Å². The zero-order chi connectivity index (χ0) is 16.4. The molecule has 4 nitrogen and oxygen atoms in total. The van der Waals surface area contributed by atoms with Crippen LogP contribution < -0.4 is 5.32 Å². The van der Waals surface area contributed by atoms with Crippen molar-refractivity contribution in [2.45, 2.75) is 38.3 Å². The highest BCUT2D eigenvalue weighted by atomic mass is 32.1. The largest absolute Gasteiger partial charge is 0.388 e. The van der Waals surface area contributed by atoms with Crippen molar-refractivity contribution in [3.8, 4) is 10.4 Å². The number of thiophene rings is 1. The molecule has 1 aromatic carbocycles. The van der Waals surface area contributed by atoms with E-state index in [1.807, 2.05) is 41.8 Å². The summed E-state index contributed by atoms with van der Waals surface area (Å²) in [5.41, 5.74) is 0.942. The molecule has 2 heterocycles. The normalized spacial score (nSPS) is 18.2. The molecule has 2 N–H and O–H groups in total. The van der Waals surface area contributed by atoms with Gasteiger partial charge in [0.2, 0.25) is 0 Å². The van der Waals surface area contributed by atoms with Crippen LogP contribution in [0.5, 0.6) is 0 Å². The predicted molar refractivity (Wildman–Crippen MR) is 94.8 cm³/mol. The SMILES string of the molecule is CC(C)(O)C1CCCN1C(=O)Nc1ccccc1-c1cccs1. The fraction of sp³-hybridized carbons (Fsp3) is 0.389. The third kappa shape index (κ3) is 3.41. The molecular formula is C18H22N2O2S. The van der Waals surface area contributed by atoms with E-state index in [0.29, 0.717) is 6.54 Å². The Labute approximate surface area is 140 Å². The zero-order valence-corrected chi connectivity index (χ0v) is 14.3. The quantitative estimate of drug-likeness (QED) is 0.887. The zero-order valence-electron chi connectivity index (χ0n) is 13.5. The lowest BCUT2D eigenvalue weighted by Gasteiger charge is -2.33. The highest BCUT2D eigenvalue weighted by Crippen LogP contribution is 2.32. The number of para-hydroxylation sites is 1. The standard InChI is InChI=1S/C18H22N2O2S/c1-18(2,22)16-10-5-11-20(16)17(21)19-14-8-4-3-7-13(14)15-9-6-12-23-15/h3-4,6-9,12,16,22H,5,10-11H2,1-2H3,(H,19,21). The number of hydrogen-bond donors (Lipinski definition) is 2. The Bertz CT molecular complexity index is 677. The second kappa shape index (κ2) is 6.34. The van der Waals surface area contributed by atoms with Gasteiger partial charge in [-0.05, 0) is 44.2 Å². The Morgan fingerprint density at radius 1 is 1.30 bits per heavy atom. The lowest BCUT2D eigenvalue weighted by Crippen LogP contribution is -2.49. The van der Waals surface area contributed by atoms with Gasteiger partial charge in [-0.15, -0.1) is 11.3 Å². The molecule has 1 saturated heterocycles. The second-order valence-electron chi connectivity index (χ2n) is 6.46. The Balaban J connectivity index is 1.81. The number of carbonyl (C=O) groups excluding carboxylic acids is 1. The van der Waals surface area contributed by atoms with Crippen LogP contribution in [-0.2, 0) is 0 Å². The van der Waals surface area contributed by atoms with E-state index < -0.39 is 5.60 Å². The van der Waals surface area contributed by atoms with Gasteiger partial charge in [0.05, 0.1) is 17.3 Å². The number of carbonyl (C=O) groups is 1. The van der Waals surface area contributed by atoms with Crippen LogP contribution in [-0.4, -0.2) is 34.2 Å². The van der Waals surface area contributed by atoms with E-state index in [1.54, 1.807) is 30.1 Å². The van der Waals surface area contributed by atoms with Crippen molar-refractivity contribution >= 4 is 23.1 Å². The summed E-state index contributed by atoms with van der Waals surface area (Å²) in [4.78, 5) is 15.6. The number of rotatable bonds is 3. The van der Waals surface area contributed by atoms with Gasteiger partial charge >= 0.3 is 6.03 Å². The maximum Gasteiger partial charge on any atom is 0.322 e. The van der Waals surface area contributed by atoms with Crippen LogP contribution in [0.2, 0.25) is 0 Å². The van der Waals surface area contributed by atoms with Crippen molar-refractivity contribution in [2.24, 2.45) is 0 Å². The number of nitrogens with one attached hydrogen (secondary N) is 1. The molecule has 1 aliphatic heterocycles. The fourth-order valence-corrected chi connectivity index (χ4v) is 3.94. The Kier molecular flexibility index (Phi) is 4.41. The molecule has 1 fully saturated rings. The number of anilines is 1. The third-order valence-corrected chi connectivity index (χ3v) is 5.19. The molecule has 0 spiro atoms. The van der Waals surface area contributed by atoms with Crippen molar-refractivity contribution in [3.63, 3.8) is 0 Å². The van der Waals surface area contributed by atoms with Crippen molar-refractivity contribution in [1.82, 2.24) is 4.90 Å². The Morgan fingerprint density at radius 3 is 2.78 bits per heavy atom. The first-order valence-corrected chi connectivity index (χ1v) is 8.77. The van der Waals surface area contributed by atoms with Gasteiger partial charge in [-0.1, -0.05) is 24.3 Å². The number of likely N-dealkylation sites (tertiary alicyclic amines) is 1. The molecule has 1 atom stereocenters. The summed E-state index contributed by atoms with van der Waals surface area (Å²) in [6.45, 7) is 4.22. The molecule has 1 aromatic heterocycles. The molecule has 0 radical (unpaired) electrons. The molecule has 2 aromatic rings. The van der Waals surface area contributed by atoms with Crippen molar-refractivity contribution < 1.29 is 9.90 Å². The highest BCUT2D eigenvalue weighted by Gasteiger charge is 2.38. The summed E-state index contributed by atoms with van der Waals surface area (Å²) in [5, 5.41) is 15.3. The van der Waals surface area contributed by atoms with E-state index in [4.69, 9.17) is 0 Å². The molecule has 0 bridgehead atoms. The van der Waals surface area contributed by atoms with Crippen LogP contribution in [0.25, 0.3) is 10.4 Å². The molecule has 122 valence electrons. The van der Waals surface area contributed by atoms with Crippen LogP contribution in [0.3, 0.4) is 0 Å². The van der Waals surface area contributed by atoms with Gasteiger partial charge in [0.25, 0.3) is 0 Å². The van der Waals surface area contributed by atoms with E-state index in [9.17, 15) is 9.90 Å². The highest BCUT2D eigenvalue weighted by molar-refractivity contribution is 7.13. The molecule has 23 heavy (non-hydrogen) atoms. The average molecular weight is 330 g/mol. The molecule has 5 heteroatoms. The first-order chi connectivity index (χ1) is 11.0. The van der Waals surface area contributed by atoms with Gasteiger partial charge < -0.3 is 15.3 Å². The van der Waals surface area contributed by atoms with Crippen LogP contribution in [0.1, 0.15) is 26.7 Å². The molecule has 1 unspecified atom stereocenters. The van der Waals surface area contributed by atoms with Gasteiger partial charge in [-0.2, -0.15) is 0 Å². The number of urea groups is 1. The van der Waals surface area contributed by atoms with E-state index in [-0.39, 0.29) is 12.1 Å². The van der Waals surface area contributed by atoms with Crippen molar-refractivity contribution in [1.29, 1.82) is 0 Å². The minimum Gasteiger partial charge on any atom is -0.388 e. The molecule has 3 rings (SSSR count). The average Bonchev–Trinajstić information content (AvgIpc) is 3.19. The van der Waals surface area contributed by atoms with Crippen molar-refractivity contribution in [3.05, 3.63) is 41.8 Å². The summed E-state index contributed by atoms with van der Waals surface area (Å²) in [7, 11) is 0. The molecule has 2 amide bonds. The molecule has 1 aliphatic rings. The summed E-state index contributed by atoms with van der Waals surface area (Å²) in [5.74, 6) is 0. The maximum absolute atomic E-state index is 12.7. The number of hydrogen-bond acceptors (Lipinski definition) is 3.